The van der Waals surface area contributed by atoms with Crippen LogP contribution in [0.15, 0.2) is 34.9 Å². The lowest BCUT2D eigenvalue weighted by atomic mass is 10.1. The minimum atomic E-state index is -0.146. The lowest BCUT2D eigenvalue weighted by Gasteiger charge is -2.34. The monoisotopic (exact) mass is 400 g/mol. The third-order valence-corrected chi connectivity index (χ3v) is 4.96. The van der Waals surface area contributed by atoms with E-state index in [1.807, 2.05) is 47.9 Å². The van der Waals surface area contributed by atoms with E-state index in [1.54, 1.807) is 13.2 Å². The van der Waals surface area contributed by atoms with Gasteiger partial charge < -0.3 is 14.2 Å². The summed E-state index contributed by atoms with van der Waals surface area (Å²) < 4.78 is 10.4. The van der Waals surface area contributed by atoms with Gasteiger partial charge in [-0.2, -0.15) is 0 Å². The SMILES string of the molecule is COc1cccc(CC(=O)N2CCN(CC(=O)Nc3cc(C(C)C)no3)CC2)c1. The number of rotatable bonds is 7. The molecule has 0 saturated carbocycles. The Bertz CT molecular complexity index is 841. The molecule has 0 atom stereocenters. The number of aromatic nitrogens is 1. The Balaban J connectivity index is 1.43. The molecule has 1 aromatic carbocycles. The predicted octanol–water partition coefficient (Wildman–Crippen LogP) is 2.13. The van der Waals surface area contributed by atoms with Gasteiger partial charge in [-0.15, -0.1) is 0 Å². The Morgan fingerprint density at radius 2 is 1.97 bits per heavy atom. The maximum Gasteiger partial charge on any atom is 0.240 e. The first-order valence-electron chi connectivity index (χ1n) is 9.84. The topological polar surface area (TPSA) is 87.9 Å². The molecule has 0 aliphatic carbocycles. The average molecular weight is 400 g/mol. The fourth-order valence-electron chi connectivity index (χ4n) is 3.22. The quantitative estimate of drug-likeness (QED) is 0.766. The number of piperazine rings is 1. The molecule has 2 aromatic rings. The van der Waals surface area contributed by atoms with Gasteiger partial charge in [0.1, 0.15) is 5.75 Å². The molecule has 8 heteroatoms. The first kappa shape index (κ1) is 20.9. The Labute approximate surface area is 170 Å². The second-order valence-electron chi connectivity index (χ2n) is 7.50. The van der Waals surface area contributed by atoms with Gasteiger partial charge in [0.2, 0.25) is 17.7 Å². The Morgan fingerprint density at radius 1 is 1.21 bits per heavy atom. The largest absolute Gasteiger partial charge is 0.497 e. The molecule has 1 N–H and O–H groups in total. The number of carbonyl (C=O) groups excluding carboxylic acids is 2. The second kappa shape index (κ2) is 9.56. The van der Waals surface area contributed by atoms with Crippen molar-refractivity contribution in [1.29, 1.82) is 0 Å². The van der Waals surface area contributed by atoms with Crippen LogP contribution in [0.2, 0.25) is 0 Å². The molecule has 0 radical (unpaired) electrons. The van der Waals surface area contributed by atoms with Crippen molar-refractivity contribution in [3.8, 4) is 5.75 Å². The van der Waals surface area contributed by atoms with Gasteiger partial charge in [-0.25, -0.2) is 0 Å². The number of ether oxygens (including phenoxy) is 1. The zero-order chi connectivity index (χ0) is 20.8. The minimum absolute atomic E-state index is 0.0882. The molecule has 0 unspecified atom stereocenters. The van der Waals surface area contributed by atoms with Crippen LogP contribution in [0.3, 0.4) is 0 Å². The summed E-state index contributed by atoms with van der Waals surface area (Å²) in [5.74, 6) is 1.30. The number of anilines is 1. The summed E-state index contributed by atoms with van der Waals surface area (Å²) in [6.07, 6.45) is 0.349. The van der Waals surface area contributed by atoms with Crippen LogP contribution in [0.5, 0.6) is 5.75 Å². The van der Waals surface area contributed by atoms with Crippen LogP contribution in [0.1, 0.15) is 31.0 Å². The number of nitrogens with zero attached hydrogens (tertiary/aromatic N) is 3. The fraction of sp³-hybridized carbons (Fsp3) is 0.476. The zero-order valence-corrected chi connectivity index (χ0v) is 17.2. The van der Waals surface area contributed by atoms with Crippen molar-refractivity contribution in [1.82, 2.24) is 15.0 Å². The van der Waals surface area contributed by atoms with Gasteiger partial charge in [0, 0.05) is 32.2 Å². The van der Waals surface area contributed by atoms with Crippen LogP contribution in [0.25, 0.3) is 0 Å². The first-order chi connectivity index (χ1) is 13.9. The summed E-state index contributed by atoms with van der Waals surface area (Å²) in [6.45, 7) is 6.81. The average Bonchev–Trinajstić information content (AvgIpc) is 3.17. The van der Waals surface area contributed by atoms with Gasteiger partial charge >= 0.3 is 0 Å². The van der Waals surface area contributed by atoms with E-state index >= 15 is 0 Å². The van der Waals surface area contributed by atoms with E-state index in [-0.39, 0.29) is 24.3 Å². The Morgan fingerprint density at radius 3 is 2.62 bits per heavy atom. The Hall–Kier alpha value is -2.87. The van der Waals surface area contributed by atoms with Crippen molar-refractivity contribution in [2.75, 3.05) is 45.2 Å². The van der Waals surface area contributed by atoms with Crippen molar-refractivity contribution in [2.45, 2.75) is 26.2 Å². The molecule has 3 rings (SSSR count). The van der Waals surface area contributed by atoms with Crippen LogP contribution < -0.4 is 10.1 Å². The molecule has 0 bridgehead atoms. The van der Waals surface area contributed by atoms with E-state index in [9.17, 15) is 9.59 Å². The van der Waals surface area contributed by atoms with E-state index in [1.165, 1.54) is 0 Å². The highest BCUT2D eigenvalue weighted by molar-refractivity contribution is 5.91. The number of nitrogens with one attached hydrogen (secondary N) is 1. The van der Waals surface area contributed by atoms with Gasteiger partial charge in [-0.05, 0) is 23.6 Å². The third kappa shape index (κ3) is 5.80. The van der Waals surface area contributed by atoms with Crippen LogP contribution in [-0.2, 0) is 16.0 Å². The molecule has 1 aliphatic heterocycles. The first-order valence-corrected chi connectivity index (χ1v) is 9.84. The minimum Gasteiger partial charge on any atom is -0.497 e. The lowest BCUT2D eigenvalue weighted by Crippen LogP contribution is -2.50. The standard InChI is InChI=1S/C21H28N4O4/c1-15(2)18-13-20(29-23-18)22-19(26)14-24-7-9-25(10-8-24)21(27)12-16-5-4-6-17(11-16)28-3/h4-6,11,13,15H,7-10,12,14H2,1-3H3,(H,22,26). The van der Waals surface area contributed by atoms with E-state index in [0.29, 0.717) is 38.5 Å². The van der Waals surface area contributed by atoms with E-state index < -0.39 is 0 Å². The summed E-state index contributed by atoms with van der Waals surface area (Å²) in [5, 5.41) is 6.67. The van der Waals surface area contributed by atoms with Gasteiger partial charge in [-0.1, -0.05) is 31.1 Å². The van der Waals surface area contributed by atoms with Crippen LogP contribution >= 0.6 is 0 Å². The van der Waals surface area contributed by atoms with Crippen molar-refractivity contribution < 1.29 is 18.8 Å². The highest BCUT2D eigenvalue weighted by atomic mass is 16.5. The van der Waals surface area contributed by atoms with Crippen molar-refractivity contribution in [2.24, 2.45) is 0 Å². The molecule has 0 spiro atoms. The predicted molar refractivity (Wildman–Crippen MR) is 109 cm³/mol. The molecule has 2 heterocycles. The second-order valence-corrected chi connectivity index (χ2v) is 7.50. The van der Waals surface area contributed by atoms with Crippen LogP contribution in [0, 0.1) is 0 Å². The van der Waals surface area contributed by atoms with Gasteiger partial charge in [0.05, 0.1) is 25.8 Å². The van der Waals surface area contributed by atoms with Crippen LogP contribution in [-0.4, -0.2) is 66.6 Å². The molecular formula is C21H28N4O4. The normalized spacial score (nSPS) is 14.8. The maximum absolute atomic E-state index is 12.6. The molecule has 1 aromatic heterocycles. The molecule has 8 nitrogen and oxygen atoms in total. The van der Waals surface area contributed by atoms with Crippen molar-refractivity contribution in [3.05, 3.63) is 41.6 Å². The smallest absolute Gasteiger partial charge is 0.240 e. The maximum atomic E-state index is 12.6. The highest BCUT2D eigenvalue weighted by Gasteiger charge is 2.23. The van der Waals surface area contributed by atoms with Crippen LogP contribution in [0.4, 0.5) is 5.88 Å². The molecule has 1 saturated heterocycles. The fourth-order valence-corrected chi connectivity index (χ4v) is 3.22. The number of amides is 2. The van der Waals surface area contributed by atoms with Crippen molar-refractivity contribution >= 4 is 17.7 Å². The summed E-state index contributed by atoms with van der Waals surface area (Å²) in [5.41, 5.74) is 1.74. The molecule has 29 heavy (non-hydrogen) atoms. The summed E-state index contributed by atoms with van der Waals surface area (Å²) >= 11 is 0. The summed E-state index contributed by atoms with van der Waals surface area (Å²) in [4.78, 5) is 28.7. The number of carbonyl (C=O) groups is 2. The number of methoxy groups -OCH3 is 1. The van der Waals surface area contributed by atoms with E-state index in [4.69, 9.17) is 9.26 Å². The Kier molecular flexibility index (Phi) is 6.87. The van der Waals surface area contributed by atoms with Gasteiger partial charge in [0.15, 0.2) is 0 Å². The zero-order valence-electron chi connectivity index (χ0n) is 17.2. The highest BCUT2D eigenvalue weighted by Crippen LogP contribution is 2.17. The van der Waals surface area contributed by atoms with Crippen molar-refractivity contribution in [3.63, 3.8) is 0 Å². The number of hydrogen-bond donors (Lipinski definition) is 1. The summed E-state index contributed by atoms with van der Waals surface area (Å²) in [6, 6.07) is 9.30. The van der Waals surface area contributed by atoms with E-state index in [2.05, 4.69) is 10.5 Å². The number of hydrogen-bond acceptors (Lipinski definition) is 6. The lowest BCUT2D eigenvalue weighted by molar-refractivity contribution is -0.132. The molecule has 1 fully saturated rings. The molecule has 156 valence electrons. The third-order valence-electron chi connectivity index (χ3n) is 4.96. The summed E-state index contributed by atoms with van der Waals surface area (Å²) in [7, 11) is 1.61. The van der Waals surface area contributed by atoms with Gasteiger partial charge in [0.25, 0.3) is 0 Å². The molecular weight excluding hydrogens is 372 g/mol. The molecule has 2 amide bonds. The van der Waals surface area contributed by atoms with E-state index in [0.717, 1.165) is 17.0 Å². The molecule has 1 aliphatic rings. The number of benzene rings is 1. The van der Waals surface area contributed by atoms with Gasteiger partial charge in [-0.3, -0.25) is 19.8 Å².